The molecule has 5 heteroatoms. The number of nitrogens with zero attached hydrogens (tertiary/aromatic N) is 3. The van der Waals surface area contributed by atoms with Crippen molar-refractivity contribution < 1.29 is 4.74 Å². The molecule has 0 aliphatic rings. The van der Waals surface area contributed by atoms with Crippen molar-refractivity contribution >= 4 is 5.96 Å². The van der Waals surface area contributed by atoms with Crippen molar-refractivity contribution in [2.75, 3.05) is 21.2 Å². The van der Waals surface area contributed by atoms with Crippen molar-refractivity contribution in [2.24, 2.45) is 12.0 Å². The third-order valence-corrected chi connectivity index (χ3v) is 3.88. The first kappa shape index (κ1) is 17.1. The molecule has 0 bridgehead atoms. The first-order valence-electron chi connectivity index (χ1n) is 7.73. The molecule has 0 aliphatic heterocycles. The lowest BCUT2D eigenvalue weighted by Gasteiger charge is -2.23. The van der Waals surface area contributed by atoms with E-state index in [0.29, 0.717) is 6.61 Å². The van der Waals surface area contributed by atoms with E-state index in [1.165, 1.54) is 16.8 Å². The van der Waals surface area contributed by atoms with Crippen LogP contribution in [-0.2, 0) is 31.5 Å². The van der Waals surface area contributed by atoms with Gasteiger partial charge in [0.2, 0.25) is 0 Å². The Kier molecular flexibility index (Phi) is 6.23. The molecule has 1 heterocycles. The average molecular weight is 314 g/mol. The minimum absolute atomic E-state index is 0.621. The van der Waals surface area contributed by atoms with Crippen LogP contribution in [0.15, 0.2) is 47.6 Å². The fourth-order valence-electron chi connectivity index (χ4n) is 2.56. The molecule has 0 atom stereocenters. The molecule has 0 spiro atoms. The molecule has 0 radical (unpaired) electrons. The normalized spacial score (nSPS) is 11.6. The van der Waals surface area contributed by atoms with Gasteiger partial charge in [0.05, 0.1) is 13.2 Å². The maximum Gasteiger partial charge on any atom is 0.194 e. The summed E-state index contributed by atoms with van der Waals surface area (Å²) in [4.78, 5) is 6.50. The van der Waals surface area contributed by atoms with E-state index in [-0.39, 0.29) is 0 Å². The third-order valence-electron chi connectivity index (χ3n) is 3.88. The highest BCUT2D eigenvalue weighted by atomic mass is 16.5. The first-order valence-corrected chi connectivity index (χ1v) is 7.73. The zero-order valence-corrected chi connectivity index (χ0v) is 14.4. The van der Waals surface area contributed by atoms with Crippen molar-refractivity contribution in [1.82, 2.24) is 14.8 Å². The van der Waals surface area contributed by atoms with Crippen LogP contribution >= 0.6 is 0 Å². The molecule has 1 N–H and O–H groups in total. The number of hydrogen-bond acceptors (Lipinski definition) is 2. The number of benzene rings is 1. The number of nitrogens with one attached hydrogen (secondary N) is 1. The molecule has 1 aromatic heterocycles. The molecule has 23 heavy (non-hydrogen) atoms. The van der Waals surface area contributed by atoms with Gasteiger partial charge >= 0.3 is 0 Å². The molecule has 0 aliphatic carbocycles. The second-order valence-corrected chi connectivity index (χ2v) is 5.57. The Hall–Kier alpha value is -2.27. The number of ether oxygens (including phenoxy) is 1. The molecule has 0 unspecified atom stereocenters. The van der Waals surface area contributed by atoms with E-state index < -0.39 is 0 Å². The van der Waals surface area contributed by atoms with E-state index in [9.17, 15) is 0 Å². The summed E-state index contributed by atoms with van der Waals surface area (Å²) >= 11 is 0. The monoisotopic (exact) mass is 314 g/mol. The number of methoxy groups -OCH3 is 1. The Balaban J connectivity index is 1.99. The quantitative estimate of drug-likeness (QED) is 0.657. The largest absolute Gasteiger partial charge is 0.380 e. The summed E-state index contributed by atoms with van der Waals surface area (Å²) in [6, 6.07) is 12.5. The van der Waals surface area contributed by atoms with E-state index in [2.05, 4.69) is 57.3 Å². The van der Waals surface area contributed by atoms with Crippen molar-refractivity contribution in [1.29, 1.82) is 0 Å². The van der Waals surface area contributed by atoms with Gasteiger partial charge in [-0.25, -0.2) is 0 Å². The number of guanidine groups is 1. The molecule has 0 saturated carbocycles. The smallest absolute Gasteiger partial charge is 0.194 e. The maximum atomic E-state index is 5.26. The van der Waals surface area contributed by atoms with Crippen LogP contribution in [0.4, 0.5) is 0 Å². The fraction of sp³-hybridized carbons (Fsp3) is 0.389. The Morgan fingerprint density at radius 2 is 1.96 bits per heavy atom. The van der Waals surface area contributed by atoms with Crippen molar-refractivity contribution in [2.45, 2.75) is 19.7 Å². The lowest BCUT2D eigenvalue weighted by Crippen LogP contribution is -2.38. The molecule has 2 rings (SSSR count). The highest BCUT2D eigenvalue weighted by Gasteiger charge is 2.09. The molecule has 0 saturated heterocycles. The maximum absolute atomic E-state index is 5.26. The van der Waals surface area contributed by atoms with Gasteiger partial charge in [-0.1, -0.05) is 24.3 Å². The Bertz CT molecular complexity index is 648. The standard InChI is InChI=1S/C18H26N4O/c1-19-18(22(3)13-17-10-7-11-21(17)2)20-12-15-8-5-6-9-16(15)14-23-4/h5-11H,12-14H2,1-4H3,(H,19,20). The van der Waals surface area contributed by atoms with Gasteiger partial charge in [0, 0.05) is 46.7 Å². The molecule has 0 fully saturated rings. The summed E-state index contributed by atoms with van der Waals surface area (Å²) in [5.41, 5.74) is 3.67. The second kappa shape index (κ2) is 8.39. The topological polar surface area (TPSA) is 41.8 Å². The summed E-state index contributed by atoms with van der Waals surface area (Å²) in [7, 11) is 7.63. The van der Waals surface area contributed by atoms with Gasteiger partial charge in [-0.2, -0.15) is 0 Å². The number of hydrogen-bond donors (Lipinski definition) is 1. The average Bonchev–Trinajstić information content (AvgIpc) is 2.95. The van der Waals surface area contributed by atoms with Gasteiger partial charge in [0.25, 0.3) is 0 Å². The molecule has 0 amide bonds. The molecule has 2 aromatic rings. The summed E-state index contributed by atoms with van der Waals surface area (Å²) in [6.07, 6.45) is 2.06. The fourth-order valence-corrected chi connectivity index (χ4v) is 2.56. The highest BCUT2D eigenvalue weighted by Crippen LogP contribution is 2.10. The van der Waals surface area contributed by atoms with Gasteiger partial charge in [0.1, 0.15) is 0 Å². The van der Waals surface area contributed by atoms with Crippen LogP contribution in [0, 0.1) is 0 Å². The van der Waals surface area contributed by atoms with Crippen LogP contribution in [0.2, 0.25) is 0 Å². The van der Waals surface area contributed by atoms with Crippen LogP contribution in [0.3, 0.4) is 0 Å². The van der Waals surface area contributed by atoms with Crippen LogP contribution < -0.4 is 5.32 Å². The van der Waals surface area contributed by atoms with E-state index in [1.54, 1.807) is 7.11 Å². The summed E-state index contributed by atoms with van der Waals surface area (Å²) in [5, 5.41) is 3.43. The van der Waals surface area contributed by atoms with Crippen LogP contribution in [-0.4, -0.2) is 36.6 Å². The zero-order valence-electron chi connectivity index (χ0n) is 14.4. The van der Waals surface area contributed by atoms with Crippen molar-refractivity contribution in [3.8, 4) is 0 Å². The van der Waals surface area contributed by atoms with Crippen molar-refractivity contribution in [3.63, 3.8) is 0 Å². The third kappa shape index (κ3) is 4.60. The lowest BCUT2D eigenvalue weighted by molar-refractivity contribution is 0.184. The molecule has 1 aromatic carbocycles. The van der Waals surface area contributed by atoms with Crippen LogP contribution in [0.1, 0.15) is 16.8 Å². The minimum atomic E-state index is 0.621. The van der Waals surface area contributed by atoms with E-state index in [0.717, 1.165) is 19.0 Å². The molecule has 124 valence electrons. The van der Waals surface area contributed by atoms with E-state index in [1.807, 2.05) is 26.2 Å². The number of rotatable bonds is 6. The highest BCUT2D eigenvalue weighted by molar-refractivity contribution is 5.79. The Morgan fingerprint density at radius 1 is 1.22 bits per heavy atom. The summed E-state index contributed by atoms with van der Waals surface area (Å²) in [6.45, 7) is 2.15. The van der Waals surface area contributed by atoms with Gasteiger partial charge in [-0.05, 0) is 23.3 Å². The second-order valence-electron chi connectivity index (χ2n) is 5.57. The first-order chi connectivity index (χ1) is 11.2. The van der Waals surface area contributed by atoms with Crippen LogP contribution in [0.5, 0.6) is 0 Å². The summed E-state index contributed by atoms with van der Waals surface area (Å²) in [5.74, 6) is 0.874. The lowest BCUT2D eigenvalue weighted by atomic mass is 10.1. The van der Waals surface area contributed by atoms with Crippen LogP contribution in [0.25, 0.3) is 0 Å². The number of aromatic nitrogens is 1. The number of aryl methyl sites for hydroxylation is 1. The van der Waals surface area contributed by atoms with Gasteiger partial charge in [-0.15, -0.1) is 0 Å². The van der Waals surface area contributed by atoms with Gasteiger partial charge < -0.3 is 19.5 Å². The van der Waals surface area contributed by atoms with E-state index >= 15 is 0 Å². The molecule has 5 nitrogen and oxygen atoms in total. The SMILES string of the molecule is CN=C(NCc1ccccc1COC)N(C)Cc1cccn1C. The van der Waals surface area contributed by atoms with Gasteiger partial charge in [0.15, 0.2) is 5.96 Å². The van der Waals surface area contributed by atoms with E-state index in [4.69, 9.17) is 4.74 Å². The minimum Gasteiger partial charge on any atom is -0.380 e. The number of aliphatic imine (C=N–C) groups is 1. The summed E-state index contributed by atoms with van der Waals surface area (Å²) < 4.78 is 7.38. The predicted octanol–water partition coefficient (Wildman–Crippen LogP) is 2.38. The van der Waals surface area contributed by atoms with Gasteiger partial charge in [-0.3, -0.25) is 4.99 Å². The van der Waals surface area contributed by atoms with Crippen molar-refractivity contribution in [3.05, 3.63) is 59.4 Å². The predicted molar refractivity (Wildman–Crippen MR) is 94.2 cm³/mol. The Morgan fingerprint density at radius 3 is 2.57 bits per heavy atom. The zero-order chi connectivity index (χ0) is 16.7. The molecular weight excluding hydrogens is 288 g/mol. The Labute approximate surface area is 138 Å². The molecular formula is C18H26N4O.